The third-order valence-electron chi connectivity index (χ3n) is 2.96. The standard InChI is InChI=1S/C11H12F2N2O3/c12-6-4-7(13)11(15(16)17)10(5-6)18-9-3-1-2-8(9)14/h4-5,8-9H,1-3,14H2. The van der Waals surface area contributed by atoms with Gasteiger partial charge in [0.15, 0.2) is 0 Å². The second-order valence-corrected chi connectivity index (χ2v) is 4.24. The Hall–Kier alpha value is -1.76. The van der Waals surface area contributed by atoms with Crippen molar-refractivity contribution in [3.63, 3.8) is 0 Å². The van der Waals surface area contributed by atoms with E-state index in [1.54, 1.807) is 0 Å². The molecule has 2 unspecified atom stereocenters. The summed E-state index contributed by atoms with van der Waals surface area (Å²) in [5.41, 5.74) is 4.90. The molecular formula is C11H12F2N2O3. The quantitative estimate of drug-likeness (QED) is 0.665. The van der Waals surface area contributed by atoms with Gasteiger partial charge in [-0.25, -0.2) is 4.39 Å². The Bertz CT molecular complexity index is 482. The van der Waals surface area contributed by atoms with E-state index in [0.29, 0.717) is 12.5 Å². The van der Waals surface area contributed by atoms with Crippen LogP contribution in [0.5, 0.6) is 5.75 Å². The van der Waals surface area contributed by atoms with Gasteiger partial charge in [0, 0.05) is 18.2 Å². The summed E-state index contributed by atoms with van der Waals surface area (Å²) in [6, 6.07) is 1.00. The zero-order valence-corrected chi connectivity index (χ0v) is 9.44. The topological polar surface area (TPSA) is 78.4 Å². The van der Waals surface area contributed by atoms with E-state index in [1.165, 1.54) is 0 Å². The van der Waals surface area contributed by atoms with Gasteiger partial charge in [0.25, 0.3) is 0 Å². The summed E-state index contributed by atoms with van der Waals surface area (Å²) in [4.78, 5) is 9.82. The van der Waals surface area contributed by atoms with Crippen LogP contribution < -0.4 is 10.5 Å². The van der Waals surface area contributed by atoms with E-state index in [0.717, 1.165) is 18.9 Å². The molecule has 1 aliphatic carbocycles. The summed E-state index contributed by atoms with van der Waals surface area (Å²) in [7, 11) is 0. The lowest BCUT2D eigenvalue weighted by molar-refractivity contribution is -0.388. The Morgan fingerprint density at radius 1 is 1.39 bits per heavy atom. The molecule has 1 aromatic rings. The largest absolute Gasteiger partial charge is 0.482 e. The Kier molecular flexibility index (Phi) is 3.42. The highest BCUT2D eigenvalue weighted by Gasteiger charge is 2.30. The first-order valence-corrected chi connectivity index (χ1v) is 5.54. The second-order valence-electron chi connectivity index (χ2n) is 4.24. The van der Waals surface area contributed by atoms with Gasteiger partial charge in [0.1, 0.15) is 11.9 Å². The minimum absolute atomic E-state index is 0.268. The van der Waals surface area contributed by atoms with Crippen LogP contribution in [-0.2, 0) is 0 Å². The maximum Gasteiger partial charge on any atom is 0.346 e. The summed E-state index contributed by atoms with van der Waals surface area (Å²) in [6.07, 6.45) is 1.74. The smallest absolute Gasteiger partial charge is 0.346 e. The van der Waals surface area contributed by atoms with E-state index in [2.05, 4.69) is 0 Å². The molecule has 5 nitrogen and oxygen atoms in total. The van der Waals surface area contributed by atoms with Crippen molar-refractivity contribution in [2.45, 2.75) is 31.4 Å². The third kappa shape index (κ3) is 2.40. The number of hydrogen-bond acceptors (Lipinski definition) is 4. The highest BCUT2D eigenvalue weighted by molar-refractivity contribution is 5.47. The van der Waals surface area contributed by atoms with Gasteiger partial charge in [-0.05, 0) is 19.3 Å². The molecular weight excluding hydrogens is 246 g/mol. The van der Waals surface area contributed by atoms with E-state index < -0.39 is 34.1 Å². The first-order valence-electron chi connectivity index (χ1n) is 5.54. The van der Waals surface area contributed by atoms with Gasteiger partial charge in [-0.15, -0.1) is 0 Å². The number of benzene rings is 1. The summed E-state index contributed by atoms with van der Waals surface area (Å²) in [6.45, 7) is 0. The number of halogens is 2. The van der Waals surface area contributed by atoms with Gasteiger partial charge in [0.2, 0.25) is 11.6 Å². The van der Waals surface area contributed by atoms with Crippen LogP contribution in [0.3, 0.4) is 0 Å². The summed E-state index contributed by atoms with van der Waals surface area (Å²) in [5.74, 6) is -2.57. The van der Waals surface area contributed by atoms with Gasteiger partial charge in [-0.1, -0.05) is 0 Å². The number of nitro groups is 1. The number of rotatable bonds is 3. The summed E-state index contributed by atoms with van der Waals surface area (Å²) in [5, 5.41) is 10.7. The van der Waals surface area contributed by atoms with Crippen LogP contribution in [0.15, 0.2) is 12.1 Å². The van der Waals surface area contributed by atoms with Gasteiger partial charge in [-0.2, -0.15) is 4.39 Å². The zero-order valence-electron chi connectivity index (χ0n) is 9.44. The summed E-state index contributed by atoms with van der Waals surface area (Å²) < 4.78 is 31.7. The Morgan fingerprint density at radius 2 is 2.11 bits per heavy atom. The fraction of sp³-hybridized carbons (Fsp3) is 0.455. The molecule has 18 heavy (non-hydrogen) atoms. The molecule has 0 saturated heterocycles. The molecule has 2 atom stereocenters. The lowest BCUT2D eigenvalue weighted by atomic mass is 10.2. The van der Waals surface area contributed by atoms with Crippen LogP contribution in [0.4, 0.5) is 14.5 Å². The first-order chi connectivity index (χ1) is 8.49. The van der Waals surface area contributed by atoms with Crippen molar-refractivity contribution in [2.24, 2.45) is 5.73 Å². The Balaban J connectivity index is 2.33. The molecule has 0 spiro atoms. The average molecular weight is 258 g/mol. The van der Waals surface area contributed by atoms with Crippen molar-refractivity contribution in [1.82, 2.24) is 0 Å². The predicted octanol–water partition coefficient (Wildman–Crippen LogP) is 2.13. The van der Waals surface area contributed by atoms with Crippen molar-refractivity contribution >= 4 is 5.69 Å². The third-order valence-corrected chi connectivity index (χ3v) is 2.96. The van der Waals surface area contributed by atoms with Gasteiger partial charge < -0.3 is 10.5 Å². The molecule has 1 saturated carbocycles. The molecule has 1 aromatic carbocycles. The van der Waals surface area contributed by atoms with Crippen molar-refractivity contribution in [3.8, 4) is 5.75 Å². The zero-order chi connectivity index (χ0) is 13.3. The van der Waals surface area contributed by atoms with E-state index >= 15 is 0 Å². The molecule has 2 N–H and O–H groups in total. The van der Waals surface area contributed by atoms with Crippen LogP contribution >= 0.6 is 0 Å². The first kappa shape index (κ1) is 12.7. The Labute approximate surface area is 102 Å². The highest BCUT2D eigenvalue weighted by Crippen LogP contribution is 2.34. The van der Waals surface area contributed by atoms with Gasteiger partial charge in [0.05, 0.1) is 4.92 Å². The van der Waals surface area contributed by atoms with Crippen LogP contribution in [0.2, 0.25) is 0 Å². The van der Waals surface area contributed by atoms with Crippen LogP contribution in [0, 0.1) is 21.7 Å². The monoisotopic (exact) mass is 258 g/mol. The predicted molar refractivity (Wildman–Crippen MR) is 59.3 cm³/mol. The van der Waals surface area contributed by atoms with Crippen molar-refractivity contribution in [2.75, 3.05) is 0 Å². The molecule has 0 aromatic heterocycles. The molecule has 0 heterocycles. The van der Waals surface area contributed by atoms with Crippen molar-refractivity contribution in [3.05, 3.63) is 33.9 Å². The maximum absolute atomic E-state index is 13.3. The SMILES string of the molecule is NC1CCCC1Oc1cc(F)cc(F)c1[N+](=O)[O-]. The van der Waals surface area contributed by atoms with Crippen LogP contribution in [-0.4, -0.2) is 17.1 Å². The molecule has 0 bridgehead atoms. The van der Waals surface area contributed by atoms with Gasteiger partial charge in [-0.3, -0.25) is 10.1 Å². The van der Waals surface area contributed by atoms with Crippen LogP contribution in [0.25, 0.3) is 0 Å². The molecule has 0 radical (unpaired) electrons. The fourth-order valence-corrected chi connectivity index (χ4v) is 2.07. The average Bonchev–Trinajstić information content (AvgIpc) is 2.62. The Morgan fingerprint density at radius 3 is 2.67 bits per heavy atom. The number of nitro benzene ring substituents is 1. The minimum atomic E-state index is -1.25. The molecule has 98 valence electrons. The van der Waals surface area contributed by atoms with E-state index in [1.807, 2.05) is 0 Å². The number of nitrogens with two attached hydrogens (primary N) is 1. The highest BCUT2D eigenvalue weighted by atomic mass is 19.1. The normalized spacial score (nSPS) is 23.1. The second kappa shape index (κ2) is 4.85. The molecule has 2 rings (SSSR count). The molecule has 7 heteroatoms. The van der Waals surface area contributed by atoms with Crippen LogP contribution in [0.1, 0.15) is 19.3 Å². The lowest BCUT2D eigenvalue weighted by Gasteiger charge is -2.17. The lowest BCUT2D eigenvalue weighted by Crippen LogP contribution is -2.33. The maximum atomic E-state index is 13.3. The fourth-order valence-electron chi connectivity index (χ4n) is 2.07. The van der Waals surface area contributed by atoms with Crippen molar-refractivity contribution < 1.29 is 18.4 Å². The number of hydrogen-bond donors (Lipinski definition) is 1. The number of nitrogens with zero attached hydrogens (tertiary/aromatic N) is 1. The minimum Gasteiger partial charge on any atom is -0.482 e. The molecule has 1 aliphatic rings. The number of ether oxygens (including phenoxy) is 1. The molecule has 0 amide bonds. The van der Waals surface area contributed by atoms with E-state index in [4.69, 9.17) is 10.5 Å². The van der Waals surface area contributed by atoms with Crippen molar-refractivity contribution in [1.29, 1.82) is 0 Å². The van der Waals surface area contributed by atoms with E-state index in [-0.39, 0.29) is 6.04 Å². The van der Waals surface area contributed by atoms with Gasteiger partial charge >= 0.3 is 5.69 Å². The molecule has 1 fully saturated rings. The molecule has 0 aliphatic heterocycles. The summed E-state index contributed by atoms with van der Waals surface area (Å²) >= 11 is 0. The van der Waals surface area contributed by atoms with E-state index in [9.17, 15) is 18.9 Å².